The lowest BCUT2D eigenvalue weighted by Crippen LogP contribution is -2.08. The van der Waals surface area contributed by atoms with Gasteiger partial charge in [-0.15, -0.1) is 22.7 Å². The number of hydrogen-bond donors (Lipinski definition) is 1. The predicted octanol–water partition coefficient (Wildman–Crippen LogP) is 8.78. The average Bonchev–Trinajstić information content (AvgIpc) is 3.35. The summed E-state index contributed by atoms with van der Waals surface area (Å²) in [6, 6.07) is 34.4. The number of rotatable bonds is 4. The number of nitrogens with one attached hydrogen (secondary N) is 1. The van der Waals surface area contributed by atoms with Crippen LogP contribution in [-0.2, 0) is 0 Å². The number of hydrogen-bond acceptors (Lipinski definition) is 4. The van der Waals surface area contributed by atoms with Crippen molar-refractivity contribution in [1.82, 2.24) is 0 Å². The van der Waals surface area contributed by atoms with Crippen molar-refractivity contribution in [3.63, 3.8) is 0 Å². The van der Waals surface area contributed by atoms with Gasteiger partial charge in [0, 0.05) is 50.0 Å². The fraction of sp³-hybridized carbons (Fsp3) is 0.0370. The SMILES string of the molecule is CN(c1ccccc1)c1ccc2c(c1)sc1c3ccc(Nc4ccccc4)cc3sc21. The molecule has 4 aromatic carbocycles. The van der Waals surface area contributed by atoms with E-state index in [0.717, 1.165) is 11.4 Å². The second-order valence-electron chi connectivity index (χ2n) is 7.64. The fourth-order valence-corrected chi connectivity index (χ4v) is 6.75. The summed E-state index contributed by atoms with van der Waals surface area (Å²) < 4.78 is 5.45. The van der Waals surface area contributed by atoms with Crippen LogP contribution in [0.4, 0.5) is 22.7 Å². The van der Waals surface area contributed by atoms with Gasteiger partial charge in [-0.25, -0.2) is 0 Å². The summed E-state index contributed by atoms with van der Waals surface area (Å²) in [4.78, 5) is 2.24. The Morgan fingerprint density at radius 3 is 1.90 bits per heavy atom. The number of nitrogens with zero attached hydrogens (tertiary/aromatic N) is 1. The third-order valence-electron chi connectivity index (χ3n) is 5.66. The van der Waals surface area contributed by atoms with Gasteiger partial charge in [-0.2, -0.15) is 0 Å². The lowest BCUT2D eigenvalue weighted by atomic mass is 10.2. The summed E-state index contributed by atoms with van der Waals surface area (Å²) >= 11 is 3.79. The standard InChI is InChI=1S/C27H20N2S2/c1-29(20-10-6-3-7-11-20)21-13-15-23-25(17-21)31-26-22-14-12-19(16-24(22)30-27(23)26)28-18-8-4-2-5-9-18/h2-17,28H,1H3. The number of anilines is 4. The maximum Gasteiger partial charge on any atom is 0.0542 e. The average molecular weight is 437 g/mol. The Hall–Kier alpha value is -3.34. The molecular weight excluding hydrogens is 416 g/mol. The molecule has 0 aliphatic carbocycles. The smallest absolute Gasteiger partial charge is 0.0542 e. The molecule has 0 amide bonds. The molecule has 150 valence electrons. The van der Waals surface area contributed by atoms with Gasteiger partial charge >= 0.3 is 0 Å². The Morgan fingerprint density at radius 1 is 0.581 bits per heavy atom. The molecule has 2 heterocycles. The molecule has 6 aromatic rings. The van der Waals surface area contributed by atoms with Gasteiger partial charge in [-0.05, 0) is 48.5 Å². The van der Waals surface area contributed by atoms with Gasteiger partial charge in [0.25, 0.3) is 0 Å². The van der Waals surface area contributed by atoms with Crippen LogP contribution in [-0.4, -0.2) is 7.05 Å². The largest absolute Gasteiger partial charge is 0.355 e. The second kappa shape index (κ2) is 7.41. The summed E-state index contributed by atoms with van der Waals surface area (Å²) in [6.07, 6.45) is 0. The molecule has 0 saturated carbocycles. The molecule has 0 bridgehead atoms. The molecule has 0 radical (unpaired) electrons. The Kier molecular flexibility index (Phi) is 4.41. The minimum absolute atomic E-state index is 1.11. The Labute approximate surface area is 189 Å². The molecule has 0 aliphatic heterocycles. The zero-order valence-corrected chi connectivity index (χ0v) is 18.6. The fourth-order valence-electron chi connectivity index (χ4n) is 4.02. The van der Waals surface area contributed by atoms with Gasteiger partial charge in [0.05, 0.1) is 9.40 Å². The number of fused-ring (bicyclic) bond motifs is 5. The Bertz CT molecular complexity index is 1510. The number of thiophene rings is 2. The van der Waals surface area contributed by atoms with Crippen molar-refractivity contribution in [1.29, 1.82) is 0 Å². The van der Waals surface area contributed by atoms with Crippen molar-refractivity contribution >= 4 is 75.0 Å². The van der Waals surface area contributed by atoms with Crippen molar-refractivity contribution in [3.05, 3.63) is 97.1 Å². The van der Waals surface area contributed by atoms with Gasteiger partial charge in [0.1, 0.15) is 0 Å². The van der Waals surface area contributed by atoms with Crippen molar-refractivity contribution < 1.29 is 0 Å². The van der Waals surface area contributed by atoms with E-state index in [1.54, 1.807) is 0 Å². The summed E-state index contributed by atoms with van der Waals surface area (Å²) in [7, 11) is 2.13. The predicted molar refractivity (Wildman–Crippen MR) is 139 cm³/mol. The molecule has 0 fully saturated rings. The molecular formula is C27H20N2S2. The van der Waals surface area contributed by atoms with E-state index in [2.05, 4.69) is 108 Å². The molecule has 4 heteroatoms. The second-order valence-corrected chi connectivity index (χ2v) is 9.74. The van der Waals surface area contributed by atoms with Gasteiger partial charge in [0.2, 0.25) is 0 Å². The Balaban J connectivity index is 1.40. The maximum atomic E-state index is 3.51. The van der Waals surface area contributed by atoms with Crippen molar-refractivity contribution in [2.75, 3.05) is 17.3 Å². The zero-order chi connectivity index (χ0) is 20.8. The van der Waals surface area contributed by atoms with Crippen LogP contribution in [0.25, 0.3) is 29.6 Å². The highest BCUT2D eigenvalue weighted by atomic mass is 32.1. The summed E-state index contributed by atoms with van der Waals surface area (Å²) in [5.41, 5.74) is 4.65. The van der Waals surface area contributed by atoms with E-state index in [9.17, 15) is 0 Å². The maximum absolute atomic E-state index is 3.51. The van der Waals surface area contributed by atoms with Crippen LogP contribution in [0.1, 0.15) is 0 Å². The number of para-hydroxylation sites is 2. The molecule has 6 rings (SSSR count). The van der Waals surface area contributed by atoms with Crippen LogP contribution in [0.15, 0.2) is 97.1 Å². The molecule has 31 heavy (non-hydrogen) atoms. The Morgan fingerprint density at radius 2 is 1.19 bits per heavy atom. The lowest BCUT2D eigenvalue weighted by molar-refractivity contribution is 1.21. The molecule has 2 aromatic heterocycles. The molecule has 0 saturated heterocycles. The van der Waals surface area contributed by atoms with Crippen molar-refractivity contribution in [2.45, 2.75) is 0 Å². The van der Waals surface area contributed by atoms with E-state index in [1.165, 1.54) is 40.9 Å². The third kappa shape index (κ3) is 3.25. The van der Waals surface area contributed by atoms with Crippen LogP contribution < -0.4 is 10.2 Å². The quantitative estimate of drug-likeness (QED) is 0.297. The summed E-state index contributed by atoms with van der Waals surface area (Å²) in [5, 5.41) is 6.21. The van der Waals surface area contributed by atoms with Gasteiger partial charge < -0.3 is 10.2 Å². The van der Waals surface area contributed by atoms with Gasteiger partial charge in [-0.1, -0.05) is 48.5 Å². The minimum atomic E-state index is 1.11. The zero-order valence-electron chi connectivity index (χ0n) is 17.0. The third-order valence-corrected chi connectivity index (χ3v) is 8.16. The first-order valence-corrected chi connectivity index (χ1v) is 11.9. The summed E-state index contributed by atoms with van der Waals surface area (Å²) in [5.74, 6) is 0. The first kappa shape index (κ1) is 18.4. The lowest BCUT2D eigenvalue weighted by Gasteiger charge is -2.19. The normalized spacial score (nSPS) is 11.4. The number of benzene rings is 4. The molecule has 0 aliphatic rings. The van der Waals surface area contributed by atoms with E-state index in [4.69, 9.17) is 0 Å². The van der Waals surface area contributed by atoms with Crippen molar-refractivity contribution in [2.24, 2.45) is 0 Å². The van der Waals surface area contributed by atoms with E-state index >= 15 is 0 Å². The monoisotopic (exact) mass is 436 g/mol. The van der Waals surface area contributed by atoms with E-state index in [-0.39, 0.29) is 0 Å². The molecule has 0 atom stereocenters. The molecule has 1 N–H and O–H groups in total. The highest BCUT2D eigenvalue weighted by Gasteiger charge is 2.14. The first-order chi connectivity index (χ1) is 15.3. The minimum Gasteiger partial charge on any atom is -0.355 e. The summed E-state index contributed by atoms with van der Waals surface area (Å²) in [6.45, 7) is 0. The van der Waals surface area contributed by atoms with Gasteiger partial charge in [-0.3, -0.25) is 0 Å². The van der Waals surface area contributed by atoms with E-state index in [0.29, 0.717) is 0 Å². The molecule has 2 nitrogen and oxygen atoms in total. The first-order valence-electron chi connectivity index (χ1n) is 10.3. The van der Waals surface area contributed by atoms with Crippen LogP contribution in [0.5, 0.6) is 0 Å². The van der Waals surface area contributed by atoms with Crippen LogP contribution in [0.3, 0.4) is 0 Å². The van der Waals surface area contributed by atoms with E-state index in [1.807, 2.05) is 28.7 Å². The highest BCUT2D eigenvalue weighted by molar-refractivity contribution is 7.36. The van der Waals surface area contributed by atoms with Gasteiger partial charge in [0.15, 0.2) is 0 Å². The van der Waals surface area contributed by atoms with E-state index < -0.39 is 0 Å². The van der Waals surface area contributed by atoms with Crippen molar-refractivity contribution in [3.8, 4) is 0 Å². The van der Waals surface area contributed by atoms with Crippen LogP contribution in [0.2, 0.25) is 0 Å². The van der Waals surface area contributed by atoms with Crippen LogP contribution >= 0.6 is 22.7 Å². The topological polar surface area (TPSA) is 15.3 Å². The van der Waals surface area contributed by atoms with Crippen LogP contribution in [0, 0.1) is 0 Å². The molecule has 0 spiro atoms. The highest BCUT2D eigenvalue weighted by Crippen LogP contribution is 2.46. The molecule has 0 unspecified atom stereocenters.